The van der Waals surface area contributed by atoms with Crippen LogP contribution in [-0.2, 0) is 0 Å². The molecule has 14 aromatic rings. The smallest absolute Gasteiger partial charge is 0.164 e. The molecule has 4 aromatic heterocycles. The van der Waals surface area contributed by atoms with Crippen molar-refractivity contribution < 1.29 is 4.42 Å². The highest BCUT2D eigenvalue weighted by Gasteiger charge is 2.19. The van der Waals surface area contributed by atoms with Gasteiger partial charge in [-0.3, -0.25) is 0 Å². The van der Waals surface area contributed by atoms with Gasteiger partial charge in [-0.15, -0.1) is 11.3 Å². The van der Waals surface area contributed by atoms with Gasteiger partial charge in [-0.05, 0) is 46.0 Å². The topological polar surface area (TPSA) is 64.7 Å². The zero-order valence-electron chi connectivity index (χ0n) is 37.5. The Morgan fingerprint density at radius 3 is 1.49 bits per heavy atom. The van der Waals surface area contributed by atoms with Crippen LogP contribution in [0.3, 0.4) is 0 Å². The second kappa shape index (κ2) is 16.3. The molecule has 6 heteroatoms. The molecule has 0 saturated heterocycles. The Morgan fingerprint density at radius 1 is 0.300 bits per heavy atom. The molecule has 0 amide bonds. The summed E-state index contributed by atoms with van der Waals surface area (Å²) in [6, 6.07) is 80.9. The van der Waals surface area contributed by atoms with E-state index < -0.39 is 0 Å². The first-order valence-corrected chi connectivity index (χ1v) is 24.3. The minimum atomic E-state index is 0.631. The number of nitrogens with zero attached hydrogens (tertiary/aromatic N) is 4. The van der Waals surface area contributed by atoms with E-state index in [4.69, 9.17) is 24.4 Å². The molecule has 0 fully saturated rings. The quantitative estimate of drug-likeness (QED) is 0.149. The van der Waals surface area contributed by atoms with E-state index in [0.717, 1.165) is 77.7 Å². The Bertz CT molecular complexity index is 4260. The van der Waals surface area contributed by atoms with Gasteiger partial charge in [0.15, 0.2) is 17.5 Å². The van der Waals surface area contributed by atoms with Gasteiger partial charge in [-0.1, -0.05) is 212 Å². The Hall–Kier alpha value is -9.10. The predicted molar refractivity (Wildman–Crippen MR) is 291 cm³/mol. The molecule has 5 nitrogen and oxygen atoms in total. The second-order valence-electron chi connectivity index (χ2n) is 17.7. The molecular weight excluding hydrogens is 873 g/mol. The second-order valence-corrected chi connectivity index (χ2v) is 18.7. The van der Waals surface area contributed by atoms with Crippen LogP contribution in [-0.4, -0.2) is 19.9 Å². The maximum Gasteiger partial charge on any atom is 0.164 e. The minimum Gasteiger partial charge on any atom is -0.455 e. The summed E-state index contributed by atoms with van der Waals surface area (Å²) in [4.78, 5) is 19.9. The summed E-state index contributed by atoms with van der Waals surface area (Å²) in [6.45, 7) is 0. The highest BCUT2D eigenvalue weighted by Crippen LogP contribution is 2.46. The van der Waals surface area contributed by atoms with Gasteiger partial charge in [0.25, 0.3) is 0 Å². The van der Waals surface area contributed by atoms with Crippen molar-refractivity contribution in [2.45, 2.75) is 0 Å². The number of hydrogen-bond acceptors (Lipinski definition) is 6. The summed E-state index contributed by atoms with van der Waals surface area (Å²) < 4.78 is 9.26. The van der Waals surface area contributed by atoms with Gasteiger partial charge in [-0.25, -0.2) is 19.9 Å². The lowest BCUT2D eigenvalue weighted by atomic mass is 9.96. The lowest BCUT2D eigenvalue weighted by Crippen LogP contribution is -2.00. The zero-order valence-corrected chi connectivity index (χ0v) is 38.4. The van der Waals surface area contributed by atoms with Gasteiger partial charge in [-0.2, -0.15) is 0 Å². The third kappa shape index (κ3) is 6.68. The molecule has 0 atom stereocenters. The van der Waals surface area contributed by atoms with Gasteiger partial charge in [0.05, 0.1) is 11.2 Å². The van der Waals surface area contributed by atoms with E-state index in [0.29, 0.717) is 17.5 Å². The van der Waals surface area contributed by atoms with Crippen LogP contribution in [0.1, 0.15) is 0 Å². The molecule has 0 aliphatic rings. The van der Waals surface area contributed by atoms with E-state index in [2.05, 4.69) is 170 Å². The summed E-state index contributed by atoms with van der Waals surface area (Å²) in [7, 11) is 0. The van der Waals surface area contributed by atoms with E-state index in [1.165, 1.54) is 47.5 Å². The van der Waals surface area contributed by atoms with Crippen molar-refractivity contribution in [3.05, 3.63) is 231 Å². The van der Waals surface area contributed by atoms with Crippen molar-refractivity contribution in [1.82, 2.24) is 19.9 Å². The van der Waals surface area contributed by atoms with Crippen molar-refractivity contribution in [1.29, 1.82) is 0 Å². The standard InChI is InChI=1S/C64H38N4OS/c1-4-14-42(15-5-1)58-53-36-35-51-50-24-13-22-48(60(50)70-61(51)57(53)52-20-10-11-25-55(52)65-58)41-30-28-40(29-31-41)47-21-12-23-49-54-38-46(34-37-56(54)69-59(47)49)39-26-32-45(33-27-39)64-67-62(43-16-6-2-7-17-43)66-63(68-64)44-18-8-3-9-19-44/h1-38H. The van der Waals surface area contributed by atoms with Crippen molar-refractivity contribution in [2.75, 3.05) is 0 Å². The number of furan rings is 1. The maximum atomic E-state index is 6.68. The Labute approximate surface area is 406 Å². The molecule has 326 valence electrons. The van der Waals surface area contributed by atoms with Crippen molar-refractivity contribution in [3.8, 4) is 78.8 Å². The van der Waals surface area contributed by atoms with Crippen molar-refractivity contribution >= 4 is 75.1 Å². The normalized spacial score (nSPS) is 11.7. The lowest BCUT2D eigenvalue weighted by molar-refractivity contribution is 0.670. The Morgan fingerprint density at radius 2 is 0.800 bits per heavy atom. The summed E-state index contributed by atoms with van der Waals surface area (Å²) in [6.07, 6.45) is 0. The van der Waals surface area contributed by atoms with E-state index in [9.17, 15) is 0 Å². The Balaban J connectivity index is 0.800. The number of para-hydroxylation sites is 2. The van der Waals surface area contributed by atoms with Crippen LogP contribution in [0.25, 0.3) is 143 Å². The van der Waals surface area contributed by atoms with Crippen molar-refractivity contribution in [3.63, 3.8) is 0 Å². The fourth-order valence-corrected chi connectivity index (χ4v) is 11.5. The van der Waals surface area contributed by atoms with Gasteiger partial charge >= 0.3 is 0 Å². The third-order valence-corrected chi connectivity index (χ3v) is 14.8. The van der Waals surface area contributed by atoms with Gasteiger partial charge in [0.2, 0.25) is 0 Å². The number of aromatic nitrogens is 4. The van der Waals surface area contributed by atoms with E-state index >= 15 is 0 Å². The average Bonchev–Trinajstić information content (AvgIpc) is 4.02. The van der Waals surface area contributed by atoms with Crippen LogP contribution < -0.4 is 0 Å². The highest BCUT2D eigenvalue weighted by molar-refractivity contribution is 7.27. The van der Waals surface area contributed by atoms with E-state index in [-0.39, 0.29) is 0 Å². The first-order valence-electron chi connectivity index (χ1n) is 23.4. The van der Waals surface area contributed by atoms with Crippen LogP contribution in [0, 0.1) is 0 Å². The summed E-state index contributed by atoms with van der Waals surface area (Å²) in [5.74, 6) is 1.92. The largest absolute Gasteiger partial charge is 0.455 e. The first-order chi connectivity index (χ1) is 34.7. The van der Waals surface area contributed by atoms with Gasteiger partial charge in [0, 0.05) is 74.9 Å². The number of hydrogen-bond donors (Lipinski definition) is 0. The minimum absolute atomic E-state index is 0.631. The molecule has 0 N–H and O–H groups in total. The third-order valence-electron chi connectivity index (χ3n) is 13.6. The molecule has 10 aromatic carbocycles. The number of benzene rings is 10. The van der Waals surface area contributed by atoms with E-state index in [1.54, 1.807) is 0 Å². The number of fused-ring (bicyclic) bond motifs is 10. The molecule has 4 heterocycles. The first kappa shape index (κ1) is 40.0. The monoisotopic (exact) mass is 910 g/mol. The van der Waals surface area contributed by atoms with Crippen LogP contribution in [0.4, 0.5) is 0 Å². The summed E-state index contributed by atoms with van der Waals surface area (Å²) in [5, 5.41) is 8.32. The Kier molecular flexibility index (Phi) is 9.32. The zero-order chi connectivity index (χ0) is 46.1. The van der Waals surface area contributed by atoms with Crippen molar-refractivity contribution in [2.24, 2.45) is 0 Å². The molecule has 0 radical (unpaired) electrons. The molecule has 0 aliphatic carbocycles. The summed E-state index contributed by atoms with van der Waals surface area (Å²) >= 11 is 1.88. The molecular formula is C64H38N4OS. The maximum absolute atomic E-state index is 6.68. The van der Waals surface area contributed by atoms with Gasteiger partial charge in [0.1, 0.15) is 11.2 Å². The number of thiophene rings is 1. The van der Waals surface area contributed by atoms with Crippen LogP contribution in [0.5, 0.6) is 0 Å². The van der Waals surface area contributed by atoms with Gasteiger partial charge < -0.3 is 4.42 Å². The van der Waals surface area contributed by atoms with Crippen LogP contribution in [0.2, 0.25) is 0 Å². The average molecular weight is 911 g/mol. The molecule has 0 unspecified atom stereocenters. The number of rotatable bonds is 7. The molecule has 0 bridgehead atoms. The molecule has 0 saturated carbocycles. The summed E-state index contributed by atoms with van der Waals surface area (Å²) in [5.41, 5.74) is 14.5. The lowest BCUT2D eigenvalue weighted by Gasteiger charge is -2.11. The van der Waals surface area contributed by atoms with Crippen LogP contribution in [0.15, 0.2) is 235 Å². The SMILES string of the molecule is c1ccc(-c2nc(-c3ccccc3)nc(-c3ccc(-c4ccc5oc6c(-c7ccc(-c8cccc9c8sc8c9ccc9c(-c%10ccccc%10)nc%10ccccc%10c98)cc7)cccc6c5c4)cc3)n2)cc1. The molecule has 14 rings (SSSR count). The number of pyridine rings is 1. The van der Waals surface area contributed by atoms with E-state index in [1.807, 2.05) is 72.0 Å². The molecule has 0 spiro atoms. The fourth-order valence-electron chi connectivity index (χ4n) is 10.1. The van der Waals surface area contributed by atoms with Crippen LogP contribution >= 0.6 is 11.3 Å². The fraction of sp³-hybridized carbons (Fsp3) is 0. The molecule has 0 aliphatic heterocycles. The highest BCUT2D eigenvalue weighted by atomic mass is 32.1. The molecule has 70 heavy (non-hydrogen) atoms. The predicted octanol–water partition coefficient (Wildman–Crippen LogP) is 17.5.